The van der Waals surface area contributed by atoms with Gasteiger partial charge in [0.05, 0.1) is 10.6 Å². The Bertz CT molecular complexity index is 716. The van der Waals surface area contributed by atoms with Crippen LogP contribution in [0.4, 0.5) is 0 Å². The zero-order valence-corrected chi connectivity index (χ0v) is 12.0. The number of aromatic nitrogens is 1. The largest absolute Gasteiger partial charge is 0.437 e. The van der Waals surface area contributed by atoms with Crippen LogP contribution in [0.1, 0.15) is 23.2 Å². The molecule has 0 amide bonds. The fourth-order valence-electron chi connectivity index (χ4n) is 2.40. The number of oxime groups is 1. The predicted molar refractivity (Wildman–Crippen MR) is 80.3 cm³/mol. The Morgan fingerprint density at radius 1 is 1.33 bits per heavy atom. The fourth-order valence-corrected chi connectivity index (χ4v) is 2.57. The summed E-state index contributed by atoms with van der Waals surface area (Å²) >= 11 is 6.09. The molecule has 0 saturated heterocycles. The summed E-state index contributed by atoms with van der Waals surface area (Å²) in [5.74, 6) is 0.759. The molecule has 3 N–H and O–H groups in total. The summed E-state index contributed by atoms with van der Waals surface area (Å²) in [6.07, 6.45) is 2.90. The number of ether oxygens (including phenoxy) is 1. The summed E-state index contributed by atoms with van der Waals surface area (Å²) in [6.45, 7) is 0. The monoisotopic (exact) mass is 303 g/mol. The molecule has 108 valence electrons. The van der Waals surface area contributed by atoms with Crippen molar-refractivity contribution in [3.63, 3.8) is 0 Å². The van der Waals surface area contributed by atoms with Gasteiger partial charge in [-0.25, -0.2) is 4.98 Å². The Labute approximate surface area is 127 Å². The van der Waals surface area contributed by atoms with E-state index in [0.717, 1.165) is 30.5 Å². The SMILES string of the molecule is NC(=NO)c1cc2c(nc1Oc1ccccc1Cl)CCC2. The van der Waals surface area contributed by atoms with E-state index in [-0.39, 0.29) is 5.84 Å². The number of aryl methyl sites for hydroxylation is 2. The van der Waals surface area contributed by atoms with Gasteiger partial charge in [-0.15, -0.1) is 0 Å². The smallest absolute Gasteiger partial charge is 0.230 e. The molecule has 0 bridgehead atoms. The van der Waals surface area contributed by atoms with E-state index in [2.05, 4.69) is 10.1 Å². The minimum Gasteiger partial charge on any atom is -0.437 e. The predicted octanol–water partition coefficient (Wildman–Crippen LogP) is 3.11. The maximum absolute atomic E-state index is 8.94. The molecule has 1 heterocycles. The van der Waals surface area contributed by atoms with Crippen molar-refractivity contribution in [1.82, 2.24) is 4.98 Å². The summed E-state index contributed by atoms with van der Waals surface area (Å²) in [7, 11) is 0. The Morgan fingerprint density at radius 3 is 2.90 bits per heavy atom. The molecule has 0 fully saturated rings. The van der Waals surface area contributed by atoms with Crippen LogP contribution in [0.5, 0.6) is 11.6 Å². The normalized spacial score (nSPS) is 14.0. The first-order chi connectivity index (χ1) is 10.2. The Morgan fingerprint density at radius 2 is 2.14 bits per heavy atom. The zero-order valence-electron chi connectivity index (χ0n) is 11.2. The van der Waals surface area contributed by atoms with Gasteiger partial charge in [0.25, 0.3) is 0 Å². The minimum absolute atomic E-state index is 0.0285. The lowest BCUT2D eigenvalue weighted by molar-refractivity contribution is 0.318. The molecule has 0 radical (unpaired) electrons. The Balaban J connectivity index is 2.06. The van der Waals surface area contributed by atoms with Gasteiger partial charge in [-0.2, -0.15) is 0 Å². The highest BCUT2D eigenvalue weighted by atomic mass is 35.5. The highest BCUT2D eigenvalue weighted by Crippen LogP contribution is 2.32. The number of pyridine rings is 1. The Hall–Kier alpha value is -2.27. The van der Waals surface area contributed by atoms with Gasteiger partial charge >= 0.3 is 0 Å². The quantitative estimate of drug-likeness (QED) is 0.395. The highest BCUT2D eigenvalue weighted by molar-refractivity contribution is 6.32. The van der Waals surface area contributed by atoms with Crippen LogP contribution in [0.2, 0.25) is 5.02 Å². The summed E-state index contributed by atoms with van der Waals surface area (Å²) in [6, 6.07) is 8.98. The van der Waals surface area contributed by atoms with E-state index in [4.69, 9.17) is 27.3 Å². The van der Waals surface area contributed by atoms with Crippen molar-refractivity contribution in [2.75, 3.05) is 0 Å². The number of para-hydroxylation sites is 1. The van der Waals surface area contributed by atoms with Gasteiger partial charge < -0.3 is 15.7 Å². The topological polar surface area (TPSA) is 80.7 Å². The van der Waals surface area contributed by atoms with E-state index in [1.807, 2.05) is 18.2 Å². The lowest BCUT2D eigenvalue weighted by Gasteiger charge is -2.12. The molecule has 0 atom stereocenters. The standard InChI is InChI=1S/C15H14ClN3O2/c16-11-5-1-2-7-13(11)21-15-10(14(17)19-20)8-9-4-3-6-12(9)18-15/h1-2,5,7-8,20H,3-4,6H2,(H2,17,19). The van der Waals surface area contributed by atoms with Crippen molar-refractivity contribution in [3.05, 3.63) is 52.2 Å². The van der Waals surface area contributed by atoms with E-state index in [0.29, 0.717) is 22.2 Å². The van der Waals surface area contributed by atoms with Crippen LogP contribution < -0.4 is 10.5 Å². The molecule has 0 spiro atoms. The molecule has 2 aromatic rings. The lowest BCUT2D eigenvalue weighted by atomic mass is 10.1. The number of hydrogen-bond acceptors (Lipinski definition) is 4. The Kier molecular flexibility index (Phi) is 3.66. The van der Waals surface area contributed by atoms with Gasteiger partial charge in [0, 0.05) is 5.69 Å². The molecule has 0 saturated carbocycles. The number of amidine groups is 1. The van der Waals surface area contributed by atoms with Crippen molar-refractivity contribution in [2.24, 2.45) is 10.9 Å². The molecule has 5 nitrogen and oxygen atoms in total. The van der Waals surface area contributed by atoms with Crippen LogP contribution in [0.3, 0.4) is 0 Å². The van der Waals surface area contributed by atoms with Gasteiger partial charge in [-0.1, -0.05) is 28.9 Å². The van der Waals surface area contributed by atoms with Gasteiger partial charge in [-0.05, 0) is 43.0 Å². The van der Waals surface area contributed by atoms with Crippen LogP contribution in [0.25, 0.3) is 0 Å². The van der Waals surface area contributed by atoms with E-state index in [1.54, 1.807) is 12.1 Å². The average molecular weight is 304 g/mol. The summed E-state index contributed by atoms with van der Waals surface area (Å²) in [4.78, 5) is 4.51. The third-order valence-corrected chi connectivity index (χ3v) is 3.76. The first kappa shape index (κ1) is 13.7. The number of nitrogens with two attached hydrogens (primary N) is 1. The lowest BCUT2D eigenvalue weighted by Crippen LogP contribution is -2.16. The van der Waals surface area contributed by atoms with E-state index < -0.39 is 0 Å². The summed E-state index contributed by atoms with van der Waals surface area (Å²) in [5, 5.41) is 12.5. The molecule has 3 rings (SSSR count). The van der Waals surface area contributed by atoms with Crippen LogP contribution in [0, 0.1) is 0 Å². The van der Waals surface area contributed by atoms with Crippen molar-refractivity contribution < 1.29 is 9.94 Å². The number of rotatable bonds is 3. The van der Waals surface area contributed by atoms with Crippen LogP contribution in [-0.4, -0.2) is 16.0 Å². The fraction of sp³-hybridized carbons (Fsp3) is 0.200. The maximum atomic E-state index is 8.94. The number of nitrogens with zero attached hydrogens (tertiary/aromatic N) is 2. The molecule has 1 aliphatic rings. The van der Waals surface area contributed by atoms with E-state index in [1.165, 1.54) is 0 Å². The molecule has 21 heavy (non-hydrogen) atoms. The van der Waals surface area contributed by atoms with Crippen molar-refractivity contribution in [2.45, 2.75) is 19.3 Å². The molecular weight excluding hydrogens is 290 g/mol. The van der Waals surface area contributed by atoms with Crippen LogP contribution >= 0.6 is 11.6 Å². The molecular formula is C15H14ClN3O2. The number of benzene rings is 1. The van der Waals surface area contributed by atoms with Gasteiger partial charge in [-0.3, -0.25) is 0 Å². The first-order valence-electron chi connectivity index (χ1n) is 6.62. The van der Waals surface area contributed by atoms with Crippen LogP contribution in [0.15, 0.2) is 35.5 Å². The summed E-state index contributed by atoms with van der Waals surface area (Å²) in [5.41, 5.74) is 8.30. The number of hydrogen-bond donors (Lipinski definition) is 2. The minimum atomic E-state index is -0.0285. The van der Waals surface area contributed by atoms with E-state index >= 15 is 0 Å². The second-order valence-corrected chi connectivity index (χ2v) is 5.23. The molecule has 1 aromatic heterocycles. The third-order valence-electron chi connectivity index (χ3n) is 3.44. The third kappa shape index (κ3) is 2.64. The average Bonchev–Trinajstić information content (AvgIpc) is 2.95. The number of halogens is 1. The van der Waals surface area contributed by atoms with Crippen molar-refractivity contribution >= 4 is 17.4 Å². The van der Waals surface area contributed by atoms with Gasteiger partial charge in [0.15, 0.2) is 5.84 Å². The van der Waals surface area contributed by atoms with Gasteiger partial charge in [0.2, 0.25) is 5.88 Å². The molecule has 0 aliphatic heterocycles. The molecule has 1 aliphatic carbocycles. The summed E-state index contributed by atoms with van der Waals surface area (Å²) < 4.78 is 5.77. The molecule has 0 unspecified atom stereocenters. The second kappa shape index (κ2) is 5.61. The zero-order chi connectivity index (χ0) is 14.8. The number of fused-ring (bicyclic) bond motifs is 1. The van der Waals surface area contributed by atoms with Gasteiger partial charge in [0.1, 0.15) is 5.75 Å². The van der Waals surface area contributed by atoms with Crippen molar-refractivity contribution in [3.8, 4) is 11.6 Å². The molecule has 6 heteroatoms. The maximum Gasteiger partial charge on any atom is 0.230 e. The second-order valence-electron chi connectivity index (χ2n) is 4.82. The van der Waals surface area contributed by atoms with Crippen molar-refractivity contribution in [1.29, 1.82) is 0 Å². The van der Waals surface area contributed by atoms with Crippen LogP contribution in [-0.2, 0) is 12.8 Å². The highest BCUT2D eigenvalue weighted by Gasteiger charge is 2.20. The first-order valence-corrected chi connectivity index (χ1v) is 7.00. The van der Waals surface area contributed by atoms with E-state index in [9.17, 15) is 0 Å². The molecule has 1 aromatic carbocycles.